The second-order valence-corrected chi connectivity index (χ2v) is 6.75. The number of nitrogens with zero attached hydrogens (tertiary/aromatic N) is 3. The molecule has 0 radical (unpaired) electrons. The zero-order chi connectivity index (χ0) is 21.5. The molecule has 158 valence electrons. The lowest BCUT2D eigenvalue weighted by atomic mass is 10.1. The quantitative estimate of drug-likeness (QED) is 0.332. The number of amides is 1. The number of hydrogen-bond donors (Lipinski definition) is 5. The summed E-state index contributed by atoms with van der Waals surface area (Å²) >= 11 is 0. The van der Waals surface area contributed by atoms with Gasteiger partial charge in [0.25, 0.3) is 5.91 Å². The highest BCUT2D eigenvalue weighted by Crippen LogP contribution is 2.24. The molecule has 2 aromatic heterocycles. The van der Waals surface area contributed by atoms with E-state index in [1.54, 1.807) is 18.5 Å². The summed E-state index contributed by atoms with van der Waals surface area (Å²) in [5.74, 6) is -0.0721. The average molecular weight is 411 g/mol. The van der Waals surface area contributed by atoms with Crippen LogP contribution in [0.5, 0.6) is 0 Å². The maximum atomic E-state index is 12.7. The molecule has 2 heterocycles. The number of aromatic amines is 1. The number of nitrogens with one attached hydrogen (secondary N) is 2. The predicted molar refractivity (Wildman–Crippen MR) is 112 cm³/mol. The van der Waals surface area contributed by atoms with E-state index in [0.29, 0.717) is 17.0 Å². The first-order chi connectivity index (χ1) is 14.6. The molecule has 0 bridgehead atoms. The number of aromatic nitrogens is 3. The summed E-state index contributed by atoms with van der Waals surface area (Å²) < 4.78 is 0. The molecular formula is C21H25N5O4. The van der Waals surface area contributed by atoms with Gasteiger partial charge < -0.3 is 30.5 Å². The third-order valence-corrected chi connectivity index (χ3v) is 4.67. The largest absolute Gasteiger partial charge is 0.395 e. The van der Waals surface area contributed by atoms with Crippen LogP contribution in [0.25, 0.3) is 11.3 Å². The van der Waals surface area contributed by atoms with Gasteiger partial charge in [0.15, 0.2) is 0 Å². The van der Waals surface area contributed by atoms with Crippen molar-refractivity contribution in [2.75, 3.05) is 31.4 Å². The molecule has 9 nitrogen and oxygen atoms in total. The van der Waals surface area contributed by atoms with Gasteiger partial charge in [-0.3, -0.25) is 4.79 Å². The Labute approximate surface area is 174 Å². The molecule has 0 aliphatic rings. The fraction of sp³-hybridized carbons (Fsp3) is 0.286. The number of rotatable bonds is 9. The lowest BCUT2D eigenvalue weighted by Gasteiger charge is -2.19. The van der Waals surface area contributed by atoms with Gasteiger partial charge in [-0.15, -0.1) is 0 Å². The van der Waals surface area contributed by atoms with Crippen LogP contribution >= 0.6 is 0 Å². The molecule has 9 heteroatoms. The van der Waals surface area contributed by atoms with E-state index in [4.69, 9.17) is 5.11 Å². The summed E-state index contributed by atoms with van der Waals surface area (Å²) in [7, 11) is 0. The maximum Gasteiger partial charge on any atom is 0.268 e. The molecule has 3 aromatic rings. The molecule has 1 amide bonds. The zero-order valence-corrected chi connectivity index (χ0v) is 16.6. The first-order valence-corrected chi connectivity index (χ1v) is 9.53. The number of benzene rings is 1. The third-order valence-electron chi connectivity index (χ3n) is 4.67. The van der Waals surface area contributed by atoms with Crippen LogP contribution in [0.1, 0.15) is 27.7 Å². The van der Waals surface area contributed by atoms with Crippen LogP contribution in [0.3, 0.4) is 0 Å². The average Bonchev–Trinajstić information content (AvgIpc) is 3.27. The maximum absolute atomic E-state index is 12.7. The van der Waals surface area contributed by atoms with E-state index in [1.165, 1.54) is 4.90 Å². The Bertz CT molecular complexity index is 977. The van der Waals surface area contributed by atoms with Crippen molar-refractivity contribution in [3.05, 3.63) is 65.6 Å². The van der Waals surface area contributed by atoms with Crippen molar-refractivity contribution in [3.63, 3.8) is 0 Å². The minimum Gasteiger partial charge on any atom is -0.395 e. The molecule has 1 aromatic carbocycles. The summed E-state index contributed by atoms with van der Waals surface area (Å²) in [6.45, 7) is 1.35. The highest BCUT2D eigenvalue weighted by molar-refractivity contribution is 5.94. The van der Waals surface area contributed by atoms with Crippen LogP contribution in [0.4, 0.5) is 5.95 Å². The van der Waals surface area contributed by atoms with E-state index in [0.717, 1.165) is 11.1 Å². The molecule has 5 N–H and O–H groups in total. The molecule has 30 heavy (non-hydrogen) atoms. The second kappa shape index (κ2) is 9.97. The number of H-pyrrole nitrogens is 1. The molecule has 0 saturated carbocycles. The Morgan fingerprint density at radius 3 is 2.67 bits per heavy atom. The fourth-order valence-electron chi connectivity index (χ4n) is 3.05. The highest BCUT2D eigenvalue weighted by Gasteiger charge is 2.18. The Balaban J connectivity index is 1.81. The monoisotopic (exact) mass is 411 g/mol. The fourth-order valence-corrected chi connectivity index (χ4v) is 3.05. The summed E-state index contributed by atoms with van der Waals surface area (Å²) in [4.78, 5) is 25.7. The zero-order valence-electron chi connectivity index (χ0n) is 16.6. The second-order valence-electron chi connectivity index (χ2n) is 6.75. The number of carbonyl (C=O) groups is 1. The first kappa shape index (κ1) is 21.4. The molecule has 0 aliphatic heterocycles. The molecule has 0 saturated heterocycles. The summed E-state index contributed by atoms with van der Waals surface area (Å²) in [6, 6.07) is 10.4. The smallest absolute Gasteiger partial charge is 0.268 e. The van der Waals surface area contributed by atoms with Gasteiger partial charge in [0.1, 0.15) is 12.4 Å². The minimum absolute atomic E-state index is 0.144. The third kappa shape index (κ3) is 4.82. The van der Waals surface area contributed by atoms with E-state index in [2.05, 4.69) is 20.3 Å². The van der Waals surface area contributed by atoms with Crippen LogP contribution in [0.2, 0.25) is 0 Å². The van der Waals surface area contributed by atoms with Crippen molar-refractivity contribution in [1.82, 2.24) is 20.3 Å². The van der Waals surface area contributed by atoms with Gasteiger partial charge in [-0.2, -0.15) is 0 Å². The number of aryl methyl sites for hydroxylation is 1. The number of anilines is 1. The van der Waals surface area contributed by atoms with Crippen LogP contribution in [-0.2, 0) is 0 Å². The van der Waals surface area contributed by atoms with Crippen LogP contribution < -0.4 is 10.2 Å². The lowest BCUT2D eigenvalue weighted by Crippen LogP contribution is -2.30. The number of aliphatic hydroxyl groups is 3. The Morgan fingerprint density at radius 2 is 2.00 bits per heavy atom. The minimum atomic E-state index is -0.519. The first-order valence-electron chi connectivity index (χ1n) is 9.53. The predicted octanol–water partition coefficient (Wildman–Crippen LogP) is 0.992. The van der Waals surface area contributed by atoms with Gasteiger partial charge in [0.05, 0.1) is 24.9 Å². The van der Waals surface area contributed by atoms with Gasteiger partial charge in [-0.1, -0.05) is 30.3 Å². The van der Waals surface area contributed by atoms with Crippen molar-refractivity contribution < 1.29 is 20.1 Å². The van der Waals surface area contributed by atoms with E-state index in [-0.39, 0.29) is 38.3 Å². The van der Waals surface area contributed by atoms with Crippen LogP contribution in [0, 0.1) is 6.92 Å². The normalized spacial score (nSPS) is 11.9. The molecule has 3 rings (SSSR count). The Morgan fingerprint density at radius 1 is 1.23 bits per heavy atom. The van der Waals surface area contributed by atoms with Gasteiger partial charge in [-0.05, 0) is 24.1 Å². The molecule has 1 atom stereocenters. The van der Waals surface area contributed by atoms with E-state index in [9.17, 15) is 15.0 Å². The molecule has 0 aliphatic carbocycles. The number of carbonyl (C=O) groups excluding carboxylic acids is 1. The van der Waals surface area contributed by atoms with Gasteiger partial charge in [0.2, 0.25) is 5.95 Å². The summed E-state index contributed by atoms with van der Waals surface area (Å²) in [5.41, 5.74) is 3.22. The van der Waals surface area contributed by atoms with Gasteiger partial charge in [-0.25, -0.2) is 9.97 Å². The van der Waals surface area contributed by atoms with E-state index in [1.807, 2.05) is 37.3 Å². The molecule has 0 fully saturated rings. The van der Waals surface area contributed by atoms with Crippen molar-refractivity contribution in [3.8, 4) is 11.3 Å². The number of hydrogen-bond acceptors (Lipinski definition) is 7. The lowest BCUT2D eigenvalue weighted by molar-refractivity contribution is 0.0911. The topological polar surface area (TPSA) is 135 Å². The molecule has 1 unspecified atom stereocenters. The highest BCUT2D eigenvalue weighted by atomic mass is 16.3. The Hall–Kier alpha value is -3.27. The summed E-state index contributed by atoms with van der Waals surface area (Å²) in [5, 5.41) is 31.1. The van der Waals surface area contributed by atoms with Crippen molar-refractivity contribution in [2.45, 2.75) is 13.0 Å². The van der Waals surface area contributed by atoms with Crippen LogP contribution in [-0.4, -0.2) is 62.7 Å². The molecular weight excluding hydrogens is 386 g/mol. The number of aliphatic hydroxyl groups excluding tert-OH is 3. The Kier molecular flexibility index (Phi) is 7.12. The van der Waals surface area contributed by atoms with Gasteiger partial charge >= 0.3 is 0 Å². The van der Waals surface area contributed by atoms with Crippen molar-refractivity contribution in [1.29, 1.82) is 0 Å². The molecule has 0 spiro atoms. The summed E-state index contributed by atoms with van der Waals surface area (Å²) in [6.07, 6.45) is 3.29. The van der Waals surface area contributed by atoms with E-state index >= 15 is 0 Å². The van der Waals surface area contributed by atoms with E-state index < -0.39 is 6.04 Å². The SMILES string of the molecule is Cc1cnc(N(CO)CCO)nc1-c1c[nH]c(C(=O)NC(CO)c2ccccc2)c1. The standard InChI is InChI=1S/C21H25N5O4/c1-14-10-23-21(26(13-29)7-8-27)25-19(14)16-9-17(22-11-16)20(30)24-18(12-28)15-5-3-2-4-6-15/h2-6,9-11,18,22,27-29H,7-8,12-13H2,1H3,(H,24,30). The van der Waals surface area contributed by atoms with Gasteiger partial charge in [0, 0.05) is 24.5 Å². The van der Waals surface area contributed by atoms with Crippen molar-refractivity contribution in [2.24, 2.45) is 0 Å². The van der Waals surface area contributed by atoms with Crippen LogP contribution in [0.15, 0.2) is 48.8 Å². The van der Waals surface area contributed by atoms with Crippen molar-refractivity contribution >= 4 is 11.9 Å².